The number of ketones is 1. The van der Waals surface area contributed by atoms with E-state index in [1.165, 1.54) is 19.1 Å². The Morgan fingerprint density at radius 1 is 0.878 bits per heavy atom. The Morgan fingerprint density at radius 2 is 1.51 bits per heavy atom. The summed E-state index contributed by atoms with van der Waals surface area (Å²) >= 11 is 0. The Hall–Kier alpha value is -4.28. The van der Waals surface area contributed by atoms with Crippen molar-refractivity contribution in [2.75, 3.05) is 0 Å². The Kier molecular flexibility index (Phi) is 11.5. The molecule has 2 rings (SSSR count). The van der Waals surface area contributed by atoms with Gasteiger partial charge in [-0.05, 0) is 48.8 Å². The lowest BCUT2D eigenvalue weighted by atomic mass is 9.85. The molecule has 3 atom stereocenters. The van der Waals surface area contributed by atoms with Gasteiger partial charge in [0.15, 0.2) is 0 Å². The van der Waals surface area contributed by atoms with E-state index in [1.807, 2.05) is 12.2 Å². The van der Waals surface area contributed by atoms with E-state index in [9.17, 15) is 28.8 Å². The van der Waals surface area contributed by atoms with Gasteiger partial charge in [-0.1, -0.05) is 65.0 Å². The molecule has 0 radical (unpaired) electrons. The van der Waals surface area contributed by atoms with E-state index in [0.717, 1.165) is 12.8 Å². The van der Waals surface area contributed by atoms with Crippen LogP contribution in [0.1, 0.15) is 70.3 Å². The molecule has 0 saturated carbocycles. The maximum absolute atomic E-state index is 13.2. The molecular weight excluding hydrogens is 526 g/mol. The van der Waals surface area contributed by atoms with Crippen LogP contribution in [0.3, 0.4) is 0 Å². The molecule has 0 bridgehead atoms. The number of benzene rings is 1. The SMILES string of the molecule is CC(C)[C@H](NC(=O)[C@H](C)NC(=O)[C@@H](NC(=O)C1=CCCC=C1)C(C)(C)C)C(=O)C(=O)NCc1ccc(C(N)=O)cc1. The third kappa shape index (κ3) is 9.70. The van der Waals surface area contributed by atoms with Gasteiger partial charge in [-0.25, -0.2) is 0 Å². The quantitative estimate of drug-likeness (QED) is 0.239. The van der Waals surface area contributed by atoms with Gasteiger partial charge in [0.05, 0.1) is 6.04 Å². The molecule has 222 valence electrons. The number of amides is 5. The summed E-state index contributed by atoms with van der Waals surface area (Å²) in [6.07, 6.45) is 7.00. The van der Waals surface area contributed by atoms with E-state index in [-0.39, 0.29) is 12.5 Å². The average molecular weight is 568 g/mol. The molecule has 0 fully saturated rings. The lowest BCUT2D eigenvalue weighted by Crippen LogP contribution is -2.59. The highest BCUT2D eigenvalue weighted by atomic mass is 16.2. The molecule has 1 aliphatic rings. The van der Waals surface area contributed by atoms with Crippen molar-refractivity contribution in [3.05, 3.63) is 59.2 Å². The molecule has 0 spiro atoms. The van der Waals surface area contributed by atoms with E-state index >= 15 is 0 Å². The van der Waals surface area contributed by atoms with Crippen LogP contribution in [0.15, 0.2) is 48.1 Å². The summed E-state index contributed by atoms with van der Waals surface area (Å²) in [5.41, 5.74) is 6.00. The molecule has 0 saturated heterocycles. The molecule has 0 unspecified atom stereocenters. The minimum atomic E-state index is -1.14. The van der Waals surface area contributed by atoms with E-state index in [0.29, 0.717) is 16.7 Å². The van der Waals surface area contributed by atoms with Gasteiger partial charge in [-0.15, -0.1) is 0 Å². The van der Waals surface area contributed by atoms with Crippen LogP contribution >= 0.6 is 0 Å². The van der Waals surface area contributed by atoms with Crippen LogP contribution in [0, 0.1) is 11.3 Å². The molecular formula is C30H41N5O6. The monoisotopic (exact) mass is 567 g/mol. The van der Waals surface area contributed by atoms with Crippen LogP contribution < -0.4 is 27.0 Å². The van der Waals surface area contributed by atoms with Crippen LogP contribution in [0.4, 0.5) is 0 Å². The van der Waals surface area contributed by atoms with E-state index < -0.39 is 58.9 Å². The van der Waals surface area contributed by atoms with Gasteiger partial charge in [0.25, 0.3) is 11.8 Å². The first kappa shape index (κ1) is 32.9. The largest absolute Gasteiger partial charge is 0.366 e. The molecule has 5 amide bonds. The second-order valence-electron chi connectivity index (χ2n) is 11.5. The molecule has 0 heterocycles. The molecule has 11 nitrogen and oxygen atoms in total. The Morgan fingerprint density at radius 3 is 2.02 bits per heavy atom. The number of hydrogen-bond donors (Lipinski definition) is 5. The number of nitrogens with one attached hydrogen (secondary N) is 4. The van der Waals surface area contributed by atoms with E-state index in [4.69, 9.17) is 5.73 Å². The van der Waals surface area contributed by atoms with Gasteiger partial charge < -0.3 is 27.0 Å². The van der Waals surface area contributed by atoms with Gasteiger partial charge in [-0.3, -0.25) is 28.8 Å². The third-order valence-corrected chi connectivity index (χ3v) is 6.58. The zero-order chi connectivity index (χ0) is 30.9. The molecule has 11 heteroatoms. The second kappa shape index (κ2) is 14.4. The number of hydrogen-bond acceptors (Lipinski definition) is 6. The van der Waals surface area contributed by atoms with Crippen LogP contribution in [-0.2, 0) is 30.5 Å². The number of allylic oxidation sites excluding steroid dienone is 2. The maximum atomic E-state index is 13.2. The summed E-state index contributed by atoms with van der Waals surface area (Å²) in [6, 6.07) is 3.10. The highest BCUT2D eigenvalue weighted by molar-refractivity contribution is 6.38. The summed E-state index contributed by atoms with van der Waals surface area (Å²) in [5, 5.41) is 10.5. The van der Waals surface area contributed by atoms with Crippen LogP contribution in [-0.4, -0.2) is 53.4 Å². The zero-order valence-electron chi connectivity index (χ0n) is 24.5. The summed E-state index contributed by atoms with van der Waals surface area (Å²) in [5.74, 6) is -4.32. The third-order valence-electron chi connectivity index (χ3n) is 6.58. The molecule has 1 aromatic carbocycles. The lowest BCUT2D eigenvalue weighted by molar-refractivity contribution is -0.141. The van der Waals surface area contributed by atoms with Crippen molar-refractivity contribution < 1.29 is 28.8 Å². The molecule has 1 aromatic rings. The highest BCUT2D eigenvalue weighted by Crippen LogP contribution is 2.21. The van der Waals surface area contributed by atoms with Crippen molar-refractivity contribution in [2.45, 2.75) is 79.1 Å². The predicted octanol–water partition coefficient (Wildman–Crippen LogP) is 1.42. The summed E-state index contributed by atoms with van der Waals surface area (Å²) in [6.45, 7) is 10.2. The minimum Gasteiger partial charge on any atom is -0.366 e. The zero-order valence-corrected chi connectivity index (χ0v) is 24.5. The first-order chi connectivity index (χ1) is 19.1. The molecule has 0 aliphatic heterocycles. The van der Waals surface area contributed by atoms with Crippen molar-refractivity contribution in [3.8, 4) is 0 Å². The summed E-state index contributed by atoms with van der Waals surface area (Å²) in [4.78, 5) is 75.6. The Labute approximate surface area is 240 Å². The summed E-state index contributed by atoms with van der Waals surface area (Å²) < 4.78 is 0. The van der Waals surface area contributed by atoms with Crippen molar-refractivity contribution in [3.63, 3.8) is 0 Å². The van der Waals surface area contributed by atoms with E-state index in [2.05, 4.69) is 21.3 Å². The first-order valence-corrected chi connectivity index (χ1v) is 13.6. The van der Waals surface area contributed by atoms with Gasteiger partial charge in [0.2, 0.25) is 23.5 Å². The van der Waals surface area contributed by atoms with Crippen LogP contribution in [0.25, 0.3) is 0 Å². The molecule has 0 aromatic heterocycles. The van der Waals surface area contributed by atoms with Crippen LogP contribution in [0.5, 0.6) is 0 Å². The van der Waals surface area contributed by atoms with Gasteiger partial charge in [0, 0.05) is 17.7 Å². The first-order valence-electron chi connectivity index (χ1n) is 13.6. The Balaban J connectivity index is 2.01. The normalized spacial score (nSPS) is 15.1. The fourth-order valence-electron chi connectivity index (χ4n) is 4.04. The van der Waals surface area contributed by atoms with Gasteiger partial charge in [0.1, 0.15) is 12.1 Å². The smallest absolute Gasteiger partial charge is 0.289 e. The Bertz CT molecular complexity index is 1230. The number of carbonyl (C=O) groups excluding carboxylic acids is 6. The second-order valence-corrected chi connectivity index (χ2v) is 11.5. The fourth-order valence-corrected chi connectivity index (χ4v) is 4.04. The number of carbonyl (C=O) groups is 6. The number of Topliss-reactive ketones (excluding diaryl/α,β-unsaturated/α-hetero) is 1. The van der Waals surface area contributed by atoms with E-state index in [1.54, 1.807) is 52.8 Å². The summed E-state index contributed by atoms with van der Waals surface area (Å²) in [7, 11) is 0. The van der Waals surface area contributed by atoms with Crippen molar-refractivity contribution in [1.29, 1.82) is 0 Å². The standard InChI is InChI=1S/C30H41N5O6/c1-17(2)22(23(36)28(40)32-16-19-12-14-20(15-13-19)25(31)37)34-26(38)18(3)33-29(41)24(30(4,5)6)35-27(39)21-10-8-7-9-11-21/h8,10-15,17-18,22,24H,7,9,16H2,1-6H3,(H2,31,37)(H,32,40)(H,33,41)(H,34,38)(H,35,39)/t18-,22-,24+/m0/s1. The van der Waals surface area contributed by atoms with Crippen molar-refractivity contribution >= 4 is 35.3 Å². The highest BCUT2D eigenvalue weighted by Gasteiger charge is 2.36. The van der Waals surface area contributed by atoms with Crippen molar-refractivity contribution in [1.82, 2.24) is 21.3 Å². The van der Waals surface area contributed by atoms with Gasteiger partial charge in [-0.2, -0.15) is 0 Å². The number of primary amides is 1. The number of nitrogens with two attached hydrogens (primary N) is 1. The van der Waals surface area contributed by atoms with Gasteiger partial charge >= 0.3 is 0 Å². The maximum Gasteiger partial charge on any atom is 0.289 e. The topological polar surface area (TPSA) is 177 Å². The van der Waals surface area contributed by atoms with Crippen LogP contribution in [0.2, 0.25) is 0 Å². The minimum absolute atomic E-state index is 0.0292. The molecule has 41 heavy (non-hydrogen) atoms. The lowest BCUT2D eigenvalue weighted by Gasteiger charge is -2.32. The molecule has 6 N–H and O–H groups in total. The fraction of sp³-hybridized carbons (Fsp3) is 0.467. The average Bonchev–Trinajstić information content (AvgIpc) is 2.92. The predicted molar refractivity (Wildman–Crippen MR) is 154 cm³/mol. The number of rotatable bonds is 12. The van der Waals surface area contributed by atoms with Crippen molar-refractivity contribution in [2.24, 2.45) is 17.1 Å². The molecule has 1 aliphatic carbocycles.